The van der Waals surface area contributed by atoms with Gasteiger partial charge < -0.3 is 4.79 Å². The number of hydrogen-bond donors (Lipinski definition) is 0. The average molecular weight is 210 g/mol. The normalized spacial score (nSPS) is 36.0. The van der Waals surface area contributed by atoms with Crippen molar-refractivity contribution in [1.82, 2.24) is 0 Å². The number of carbonyl (C=O) groups is 2. The molecular weight excluding hydrogens is 188 g/mol. The monoisotopic (exact) mass is 210 g/mol. The molecule has 2 rings (SSSR count). The van der Waals surface area contributed by atoms with Gasteiger partial charge in [-0.05, 0) is 24.2 Å². The highest BCUT2D eigenvalue weighted by atomic mass is 16.1. The van der Waals surface area contributed by atoms with Crippen LogP contribution >= 0.6 is 0 Å². The molecular formula is C13H22O2. The summed E-state index contributed by atoms with van der Waals surface area (Å²) in [7, 11) is 0. The maximum atomic E-state index is 11.6. The minimum Gasteiger partial charge on any atom is -0.303 e. The summed E-state index contributed by atoms with van der Waals surface area (Å²) in [5, 5.41) is 0. The Morgan fingerprint density at radius 2 is 1.93 bits per heavy atom. The van der Waals surface area contributed by atoms with Gasteiger partial charge in [-0.1, -0.05) is 27.7 Å². The zero-order valence-corrected chi connectivity index (χ0v) is 10.3. The number of fused-ring (bicyclic) bond motifs is 2. The lowest BCUT2D eigenvalue weighted by molar-refractivity contribution is -0.128. The van der Waals surface area contributed by atoms with Gasteiger partial charge in [-0.2, -0.15) is 0 Å². The summed E-state index contributed by atoms with van der Waals surface area (Å²) >= 11 is 0. The van der Waals surface area contributed by atoms with Crippen molar-refractivity contribution >= 4 is 12.1 Å². The van der Waals surface area contributed by atoms with E-state index in [1.165, 1.54) is 6.42 Å². The lowest BCUT2D eigenvalue weighted by Gasteiger charge is -2.32. The van der Waals surface area contributed by atoms with Crippen molar-refractivity contribution in [2.45, 2.75) is 53.4 Å². The Morgan fingerprint density at radius 1 is 1.40 bits per heavy atom. The van der Waals surface area contributed by atoms with Gasteiger partial charge in [-0.3, -0.25) is 4.79 Å². The van der Waals surface area contributed by atoms with Crippen LogP contribution in [0.2, 0.25) is 0 Å². The summed E-state index contributed by atoms with van der Waals surface area (Å²) in [6, 6.07) is 0. The third kappa shape index (κ3) is 1.75. The molecule has 2 aliphatic carbocycles. The summed E-state index contributed by atoms with van der Waals surface area (Å²) in [6.07, 6.45) is 4.77. The molecule has 2 fully saturated rings. The quantitative estimate of drug-likeness (QED) is 0.623. The number of aldehydes is 1. The van der Waals surface area contributed by atoms with E-state index in [1.807, 2.05) is 6.92 Å². The van der Waals surface area contributed by atoms with E-state index in [9.17, 15) is 9.59 Å². The van der Waals surface area contributed by atoms with E-state index >= 15 is 0 Å². The number of hydrogen-bond acceptors (Lipinski definition) is 2. The fourth-order valence-electron chi connectivity index (χ4n) is 2.90. The molecule has 2 atom stereocenters. The summed E-state index contributed by atoms with van der Waals surface area (Å²) in [4.78, 5) is 20.7. The highest BCUT2D eigenvalue weighted by Gasteiger charge is 2.61. The summed E-state index contributed by atoms with van der Waals surface area (Å²) in [6.45, 7) is 8.49. The van der Waals surface area contributed by atoms with Crippen LogP contribution in [-0.4, -0.2) is 12.1 Å². The lowest BCUT2D eigenvalue weighted by atomic mass is 9.70. The van der Waals surface area contributed by atoms with E-state index in [-0.39, 0.29) is 10.8 Å². The molecule has 2 aliphatic rings. The van der Waals surface area contributed by atoms with Gasteiger partial charge in [0, 0.05) is 18.3 Å². The average Bonchev–Trinajstić information content (AvgIpc) is 2.51. The van der Waals surface area contributed by atoms with Crippen LogP contribution in [0.1, 0.15) is 53.4 Å². The zero-order chi connectivity index (χ0) is 11.7. The first kappa shape index (κ1) is 12.4. The predicted octanol–water partition coefficient (Wildman–Crippen LogP) is 3.00. The first-order chi connectivity index (χ1) is 6.90. The molecule has 2 nitrogen and oxygen atoms in total. The van der Waals surface area contributed by atoms with E-state index < -0.39 is 0 Å². The van der Waals surface area contributed by atoms with E-state index in [4.69, 9.17) is 0 Å². The first-order valence-electron chi connectivity index (χ1n) is 5.87. The van der Waals surface area contributed by atoms with Crippen molar-refractivity contribution in [2.75, 3.05) is 0 Å². The van der Waals surface area contributed by atoms with Crippen molar-refractivity contribution in [1.29, 1.82) is 0 Å². The van der Waals surface area contributed by atoms with Gasteiger partial charge in [0.2, 0.25) is 0 Å². The second-order valence-corrected chi connectivity index (χ2v) is 5.49. The third-order valence-electron chi connectivity index (χ3n) is 4.65. The van der Waals surface area contributed by atoms with Crippen molar-refractivity contribution in [2.24, 2.45) is 16.7 Å². The van der Waals surface area contributed by atoms with Crippen LogP contribution in [0.5, 0.6) is 0 Å². The van der Waals surface area contributed by atoms with Gasteiger partial charge in [-0.25, -0.2) is 0 Å². The fourth-order valence-corrected chi connectivity index (χ4v) is 2.90. The molecule has 0 radical (unpaired) electrons. The standard InChI is InChI=1S/C10H16O.C3H6O/c1-9(2)7-4-5-10(9,3)8(11)6-7;1-2-3-4/h7H,4-6H2,1-3H3;3H,2H2,1H3. The van der Waals surface area contributed by atoms with Gasteiger partial charge >= 0.3 is 0 Å². The minimum atomic E-state index is 0.0255. The molecule has 2 heteroatoms. The molecule has 0 aromatic heterocycles. The second kappa shape index (κ2) is 4.07. The van der Waals surface area contributed by atoms with Crippen molar-refractivity contribution in [3.63, 3.8) is 0 Å². The number of carbonyl (C=O) groups excluding carboxylic acids is 2. The topological polar surface area (TPSA) is 34.1 Å². The Labute approximate surface area is 92.4 Å². The molecule has 0 amide bonds. The number of Topliss-reactive ketones (excluding diaryl/α,β-unsaturated/α-hetero) is 1. The van der Waals surface area contributed by atoms with Crippen molar-refractivity contribution < 1.29 is 9.59 Å². The molecule has 2 unspecified atom stereocenters. The zero-order valence-electron chi connectivity index (χ0n) is 10.3. The van der Waals surface area contributed by atoms with Gasteiger partial charge in [0.15, 0.2) is 0 Å². The molecule has 86 valence electrons. The van der Waals surface area contributed by atoms with Gasteiger partial charge in [-0.15, -0.1) is 0 Å². The molecule has 0 N–H and O–H groups in total. The molecule has 0 heterocycles. The van der Waals surface area contributed by atoms with Crippen LogP contribution in [0.4, 0.5) is 0 Å². The highest BCUT2D eigenvalue weighted by molar-refractivity contribution is 5.89. The van der Waals surface area contributed by atoms with E-state index in [1.54, 1.807) is 0 Å². The van der Waals surface area contributed by atoms with Crippen LogP contribution in [-0.2, 0) is 9.59 Å². The Morgan fingerprint density at radius 3 is 2.07 bits per heavy atom. The van der Waals surface area contributed by atoms with Crippen molar-refractivity contribution in [3.05, 3.63) is 0 Å². The highest BCUT2D eigenvalue weighted by Crippen LogP contribution is 2.63. The number of rotatable bonds is 1. The molecule has 15 heavy (non-hydrogen) atoms. The van der Waals surface area contributed by atoms with E-state index in [0.717, 1.165) is 19.1 Å². The third-order valence-corrected chi connectivity index (χ3v) is 4.65. The largest absolute Gasteiger partial charge is 0.303 e. The van der Waals surface area contributed by atoms with Crippen LogP contribution in [0.15, 0.2) is 0 Å². The Hall–Kier alpha value is -0.660. The van der Waals surface area contributed by atoms with Crippen LogP contribution in [0.3, 0.4) is 0 Å². The lowest BCUT2D eigenvalue weighted by Crippen LogP contribution is -2.32. The summed E-state index contributed by atoms with van der Waals surface area (Å²) < 4.78 is 0. The Kier molecular flexibility index (Phi) is 3.37. The van der Waals surface area contributed by atoms with Crippen LogP contribution < -0.4 is 0 Å². The summed E-state index contributed by atoms with van der Waals surface area (Å²) in [5.74, 6) is 1.19. The van der Waals surface area contributed by atoms with Crippen molar-refractivity contribution in [3.8, 4) is 0 Å². The van der Waals surface area contributed by atoms with Gasteiger partial charge in [0.05, 0.1) is 0 Å². The molecule has 0 aromatic carbocycles. The van der Waals surface area contributed by atoms with Crippen LogP contribution in [0.25, 0.3) is 0 Å². The predicted molar refractivity (Wildman–Crippen MR) is 60.6 cm³/mol. The van der Waals surface area contributed by atoms with Gasteiger partial charge in [0.1, 0.15) is 12.1 Å². The molecule has 2 bridgehead atoms. The van der Waals surface area contributed by atoms with Crippen LogP contribution in [0, 0.1) is 16.7 Å². The smallest absolute Gasteiger partial charge is 0.139 e. The first-order valence-corrected chi connectivity index (χ1v) is 5.87. The SMILES string of the molecule is CC12CCC(CC1=O)C2(C)C.CCC=O. The molecule has 0 aromatic rings. The summed E-state index contributed by atoms with van der Waals surface area (Å²) in [5.41, 5.74) is 0.307. The molecule has 0 aliphatic heterocycles. The second-order valence-electron chi connectivity index (χ2n) is 5.49. The molecule has 2 saturated carbocycles. The minimum absolute atomic E-state index is 0.0255. The van der Waals surface area contributed by atoms with E-state index in [2.05, 4.69) is 20.8 Å². The maximum absolute atomic E-state index is 11.6. The van der Waals surface area contributed by atoms with E-state index in [0.29, 0.717) is 18.1 Å². The molecule has 0 saturated heterocycles. The Balaban J connectivity index is 0.000000245. The fraction of sp³-hybridized carbons (Fsp3) is 0.846. The number of ketones is 1. The Bertz CT molecular complexity index is 268. The maximum Gasteiger partial charge on any atom is 0.139 e. The van der Waals surface area contributed by atoms with Gasteiger partial charge in [0.25, 0.3) is 0 Å². The molecule has 0 spiro atoms.